The van der Waals surface area contributed by atoms with Gasteiger partial charge in [-0.25, -0.2) is 0 Å². The van der Waals surface area contributed by atoms with E-state index in [4.69, 9.17) is 14.0 Å². The van der Waals surface area contributed by atoms with Gasteiger partial charge in [-0.2, -0.15) is 4.98 Å². The second kappa shape index (κ2) is 7.00. The number of aromatic nitrogens is 2. The van der Waals surface area contributed by atoms with Gasteiger partial charge in [-0.3, -0.25) is 10.1 Å². The molecule has 0 bridgehead atoms. The third kappa shape index (κ3) is 3.57. The number of nitro groups is 1. The Morgan fingerprint density at radius 1 is 1.24 bits per heavy atom. The van der Waals surface area contributed by atoms with Crippen molar-refractivity contribution in [1.82, 2.24) is 10.1 Å². The molecule has 0 aliphatic rings. The summed E-state index contributed by atoms with van der Waals surface area (Å²) in [5.41, 5.74) is 1.67. The van der Waals surface area contributed by atoms with Crippen molar-refractivity contribution in [3.05, 3.63) is 64.0 Å². The van der Waals surface area contributed by atoms with E-state index < -0.39 is 4.92 Å². The van der Waals surface area contributed by atoms with Crippen molar-refractivity contribution in [2.24, 2.45) is 0 Å². The molecule has 0 N–H and O–H groups in total. The molecule has 2 aromatic carbocycles. The van der Waals surface area contributed by atoms with Crippen LogP contribution in [0.25, 0.3) is 11.4 Å². The molecule has 128 valence electrons. The quantitative estimate of drug-likeness (QED) is 0.499. The molecule has 0 amide bonds. The second-order valence-electron chi connectivity index (χ2n) is 5.21. The van der Waals surface area contributed by atoms with Crippen LogP contribution in [-0.4, -0.2) is 22.2 Å². The zero-order valence-corrected chi connectivity index (χ0v) is 13.6. The summed E-state index contributed by atoms with van der Waals surface area (Å²) in [7, 11) is 1.44. The second-order valence-corrected chi connectivity index (χ2v) is 5.21. The molecule has 25 heavy (non-hydrogen) atoms. The van der Waals surface area contributed by atoms with Crippen molar-refractivity contribution in [2.75, 3.05) is 7.11 Å². The number of rotatable bonds is 6. The maximum atomic E-state index is 11.1. The van der Waals surface area contributed by atoms with Gasteiger partial charge in [0, 0.05) is 5.56 Å². The van der Waals surface area contributed by atoms with Crippen LogP contribution in [0.2, 0.25) is 0 Å². The summed E-state index contributed by atoms with van der Waals surface area (Å²) in [4.78, 5) is 14.9. The number of nitro benzene ring substituents is 1. The molecule has 0 saturated carbocycles. The fourth-order valence-corrected chi connectivity index (χ4v) is 2.28. The van der Waals surface area contributed by atoms with Gasteiger partial charge < -0.3 is 14.0 Å². The SMILES string of the molecule is COc1ccc(OCc2nc(-c3ccccc3C)no2)c([N+](=O)[O-])c1. The van der Waals surface area contributed by atoms with Crippen molar-refractivity contribution in [2.45, 2.75) is 13.5 Å². The molecule has 0 unspecified atom stereocenters. The number of hydrogen-bond donors (Lipinski definition) is 0. The molecule has 8 heteroatoms. The van der Waals surface area contributed by atoms with Crippen LogP contribution < -0.4 is 9.47 Å². The van der Waals surface area contributed by atoms with E-state index in [9.17, 15) is 10.1 Å². The van der Waals surface area contributed by atoms with Crippen LogP contribution in [-0.2, 0) is 6.61 Å². The fraction of sp³-hybridized carbons (Fsp3) is 0.176. The van der Waals surface area contributed by atoms with E-state index in [-0.39, 0.29) is 23.9 Å². The summed E-state index contributed by atoms with van der Waals surface area (Å²) in [6.07, 6.45) is 0. The first kappa shape index (κ1) is 16.4. The Labute approximate surface area is 143 Å². The first-order valence-corrected chi connectivity index (χ1v) is 7.42. The molecule has 1 heterocycles. The molecule has 1 aromatic heterocycles. The Bertz CT molecular complexity index is 907. The molecule has 0 saturated heterocycles. The van der Waals surface area contributed by atoms with Crippen molar-refractivity contribution in [1.29, 1.82) is 0 Å². The van der Waals surface area contributed by atoms with Gasteiger partial charge in [0.05, 0.1) is 18.1 Å². The summed E-state index contributed by atoms with van der Waals surface area (Å²) < 4.78 is 15.6. The minimum atomic E-state index is -0.537. The van der Waals surface area contributed by atoms with Gasteiger partial charge in [-0.05, 0) is 24.6 Å². The van der Waals surface area contributed by atoms with Gasteiger partial charge in [0.25, 0.3) is 5.89 Å². The van der Waals surface area contributed by atoms with Crippen molar-refractivity contribution >= 4 is 5.69 Å². The van der Waals surface area contributed by atoms with Crippen LogP contribution in [0.3, 0.4) is 0 Å². The zero-order valence-electron chi connectivity index (χ0n) is 13.6. The highest BCUT2D eigenvalue weighted by Crippen LogP contribution is 2.31. The highest BCUT2D eigenvalue weighted by molar-refractivity contribution is 5.59. The molecule has 0 atom stereocenters. The summed E-state index contributed by atoms with van der Waals surface area (Å²) in [5, 5.41) is 15.1. The predicted octanol–water partition coefficient (Wildman–Crippen LogP) is 3.54. The Kier molecular flexibility index (Phi) is 4.60. The van der Waals surface area contributed by atoms with Crippen molar-refractivity contribution < 1.29 is 18.9 Å². The third-order valence-corrected chi connectivity index (χ3v) is 3.57. The minimum absolute atomic E-state index is 0.0773. The van der Waals surface area contributed by atoms with E-state index >= 15 is 0 Å². The molecule has 3 rings (SSSR count). The number of benzene rings is 2. The maximum absolute atomic E-state index is 11.1. The molecule has 0 fully saturated rings. The van der Waals surface area contributed by atoms with Crippen molar-refractivity contribution in [3.8, 4) is 22.9 Å². The lowest BCUT2D eigenvalue weighted by atomic mass is 10.1. The molecule has 3 aromatic rings. The third-order valence-electron chi connectivity index (χ3n) is 3.57. The average Bonchev–Trinajstić information content (AvgIpc) is 3.09. The van der Waals surface area contributed by atoms with Crippen LogP contribution in [0, 0.1) is 17.0 Å². The van der Waals surface area contributed by atoms with Crippen LogP contribution in [0.15, 0.2) is 47.0 Å². The Hall–Kier alpha value is -3.42. The van der Waals surface area contributed by atoms with E-state index in [2.05, 4.69) is 10.1 Å². The summed E-state index contributed by atoms with van der Waals surface area (Å²) in [6.45, 7) is 1.87. The minimum Gasteiger partial charge on any atom is -0.496 e. The highest BCUT2D eigenvalue weighted by Gasteiger charge is 2.18. The van der Waals surface area contributed by atoms with E-state index in [0.717, 1.165) is 11.1 Å². The van der Waals surface area contributed by atoms with Gasteiger partial charge in [-0.15, -0.1) is 0 Å². The van der Waals surface area contributed by atoms with Crippen LogP contribution in [0.4, 0.5) is 5.69 Å². The molecule has 0 aliphatic carbocycles. The topological polar surface area (TPSA) is 101 Å². The molecule has 0 radical (unpaired) electrons. The van der Waals surface area contributed by atoms with Gasteiger partial charge in [-0.1, -0.05) is 29.4 Å². The van der Waals surface area contributed by atoms with Crippen LogP contribution in [0.1, 0.15) is 11.5 Å². The van der Waals surface area contributed by atoms with Gasteiger partial charge in [0.1, 0.15) is 5.75 Å². The van der Waals surface area contributed by atoms with E-state index in [0.29, 0.717) is 11.6 Å². The fourth-order valence-electron chi connectivity index (χ4n) is 2.28. The van der Waals surface area contributed by atoms with Gasteiger partial charge in [0.15, 0.2) is 12.4 Å². The molecule has 0 spiro atoms. The highest BCUT2D eigenvalue weighted by atomic mass is 16.6. The Morgan fingerprint density at radius 2 is 2.04 bits per heavy atom. The zero-order chi connectivity index (χ0) is 17.8. The lowest BCUT2D eigenvalue weighted by Crippen LogP contribution is -2.00. The van der Waals surface area contributed by atoms with Crippen molar-refractivity contribution in [3.63, 3.8) is 0 Å². The molecular weight excluding hydrogens is 326 g/mol. The van der Waals surface area contributed by atoms with Crippen LogP contribution >= 0.6 is 0 Å². The molecular formula is C17H15N3O5. The standard InChI is InChI=1S/C17H15N3O5/c1-11-5-3-4-6-13(11)17-18-16(25-19-17)10-24-15-8-7-12(23-2)9-14(15)20(21)22/h3-9H,10H2,1-2H3. The number of ether oxygens (including phenoxy) is 2. The number of nitrogens with zero attached hydrogens (tertiary/aromatic N) is 3. The van der Waals surface area contributed by atoms with E-state index in [1.165, 1.54) is 19.2 Å². The van der Waals surface area contributed by atoms with Gasteiger partial charge >= 0.3 is 5.69 Å². The number of hydrogen-bond acceptors (Lipinski definition) is 7. The largest absolute Gasteiger partial charge is 0.496 e. The monoisotopic (exact) mass is 341 g/mol. The smallest absolute Gasteiger partial charge is 0.314 e. The lowest BCUT2D eigenvalue weighted by Gasteiger charge is -2.05. The lowest BCUT2D eigenvalue weighted by molar-refractivity contribution is -0.386. The Balaban J connectivity index is 1.77. The molecule has 8 nitrogen and oxygen atoms in total. The van der Waals surface area contributed by atoms with E-state index in [1.54, 1.807) is 6.07 Å². The first-order chi connectivity index (χ1) is 12.1. The first-order valence-electron chi connectivity index (χ1n) is 7.42. The Morgan fingerprint density at radius 3 is 2.76 bits per heavy atom. The maximum Gasteiger partial charge on any atom is 0.314 e. The van der Waals surface area contributed by atoms with E-state index in [1.807, 2.05) is 31.2 Å². The number of aryl methyl sites for hydroxylation is 1. The summed E-state index contributed by atoms with van der Waals surface area (Å²) in [5.74, 6) is 1.14. The molecule has 0 aliphatic heterocycles. The summed E-state index contributed by atoms with van der Waals surface area (Å²) >= 11 is 0. The predicted molar refractivity (Wildman–Crippen MR) is 88.5 cm³/mol. The van der Waals surface area contributed by atoms with Crippen LogP contribution in [0.5, 0.6) is 11.5 Å². The number of methoxy groups -OCH3 is 1. The summed E-state index contributed by atoms with van der Waals surface area (Å²) in [6, 6.07) is 12.0. The normalized spacial score (nSPS) is 10.5. The van der Waals surface area contributed by atoms with Gasteiger partial charge in [0.2, 0.25) is 5.82 Å². The average molecular weight is 341 g/mol.